The Balaban J connectivity index is 1.47. The topological polar surface area (TPSA) is 61.4 Å². The number of carbonyl (C=O) groups is 1. The number of pyridine rings is 2. The third-order valence-corrected chi connectivity index (χ3v) is 5.08. The second kappa shape index (κ2) is 7.90. The molecule has 1 aliphatic heterocycles. The summed E-state index contributed by atoms with van der Waals surface area (Å²) in [5, 5.41) is 2.74. The van der Waals surface area contributed by atoms with Crippen LogP contribution in [0.25, 0.3) is 11.0 Å². The summed E-state index contributed by atoms with van der Waals surface area (Å²) in [7, 11) is 0. The van der Waals surface area contributed by atoms with Crippen molar-refractivity contribution in [3.63, 3.8) is 0 Å². The molecule has 0 atom stereocenters. The number of benzene rings is 1. The molecule has 3 heterocycles. The number of carbonyl (C=O) groups excluding carboxylic acids is 1. The second-order valence-corrected chi connectivity index (χ2v) is 6.81. The van der Waals surface area contributed by atoms with Crippen molar-refractivity contribution in [2.24, 2.45) is 0 Å². The molecule has 0 saturated carbocycles. The summed E-state index contributed by atoms with van der Waals surface area (Å²) in [5.41, 5.74) is 2.73. The fraction of sp³-hybridized carbons (Fsp3) is 0.286. The molecule has 3 aromatic rings. The van der Waals surface area contributed by atoms with Gasteiger partial charge in [0, 0.05) is 44.3 Å². The van der Waals surface area contributed by atoms with Crippen molar-refractivity contribution < 1.29 is 9.18 Å². The summed E-state index contributed by atoms with van der Waals surface area (Å²) in [6, 6.07) is 10.1. The van der Waals surface area contributed by atoms with E-state index in [0.717, 1.165) is 38.2 Å². The minimum atomic E-state index is -0.344. The summed E-state index contributed by atoms with van der Waals surface area (Å²) in [4.78, 5) is 25.3. The minimum absolute atomic E-state index is 0.332. The van der Waals surface area contributed by atoms with Gasteiger partial charge in [0.15, 0.2) is 0 Å². The molecule has 0 aliphatic carbocycles. The molecular formula is C21H22FN5O. The number of rotatable bonds is 4. The maximum atomic E-state index is 14.6. The number of halogens is 1. The third kappa shape index (κ3) is 3.80. The van der Waals surface area contributed by atoms with E-state index >= 15 is 0 Å². The third-order valence-electron chi connectivity index (χ3n) is 5.08. The SMILES string of the molecule is CCN1CCN(c2ccc(NC(=O)c3cnc4cccnc4c3)cc2F)CC1. The summed E-state index contributed by atoms with van der Waals surface area (Å²) in [5.74, 6) is -0.676. The minimum Gasteiger partial charge on any atom is -0.367 e. The fourth-order valence-corrected chi connectivity index (χ4v) is 3.43. The number of hydrogen-bond acceptors (Lipinski definition) is 5. The lowest BCUT2D eigenvalue weighted by atomic mass is 10.2. The highest BCUT2D eigenvalue weighted by atomic mass is 19.1. The van der Waals surface area contributed by atoms with Crippen LogP contribution in [-0.4, -0.2) is 53.5 Å². The smallest absolute Gasteiger partial charge is 0.257 e. The van der Waals surface area contributed by atoms with Crippen molar-refractivity contribution in [2.45, 2.75) is 6.92 Å². The standard InChI is InChI=1S/C21H22FN5O/c1-2-26-8-10-27(11-9-26)20-6-5-16(13-17(20)22)25-21(28)15-12-19-18(24-14-15)4-3-7-23-19/h3-7,12-14H,2,8-11H2,1H3,(H,25,28). The summed E-state index contributed by atoms with van der Waals surface area (Å²) in [6.07, 6.45) is 3.15. The van der Waals surface area contributed by atoms with Crippen LogP contribution in [0.4, 0.5) is 15.8 Å². The lowest BCUT2D eigenvalue weighted by Gasteiger charge is -2.35. The van der Waals surface area contributed by atoms with Gasteiger partial charge in [-0.15, -0.1) is 0 Å². The van der Waals surface area contributed by atoms with E-state index in [-0.39, 0.29) is 11.7 Å². The van der Waals surface area contributed by atoms with Crippen LogP contribution in [0.5, 0.6) is 0 Å². The van der Waals surface area contributed by atoms with Gasteiger partial charge in [0.25, 0.3) is 5.91 Å². The number of amides is 1. The molecular weight excluding hydrogens is 357 g/mol. The van der Waals surface area contributed by atoms with E-state index in [9.17, 15) is 9.18 Å². The highest BCUT2D eigenvalue weighted by Crippen LogP contribution is 2.24. The van der Waals surface area contributed by atoms with E-state index in [0.29, 0.717) is 22.5 Å². The maximum absolute atomic E-state index is 14.6. The van der Waals surface area contributed by atoms with Crippen molar-refractivity contribution in [1.82, 2.24) is 14.9 Å². The van der Waals surface area contributed by atoms with E-state index in [1.54, 1.807) is 30.5 Å². The molecule has 6 nitrogen and oxygen atoms in total. The number of nitrogens with zero attached hydrogens (tertiary/aromatic N) is 4. The van der Waals surface area contributed by atoms with Crippen LogP contribution in [0.1, 0.15) is 17.3 Å². The lowest BCUT2D eigenvalue weighted by molar-refractivity contribution is 0.102. The largest absolute Gasteiger partial charge is 0.367 e. The van der Waals surface area contributed by atoms with Crippen LogP contribution in [0.2, 0.25) is 0 Å². The average molecular weight is 379 g/mol. The zero-order valence-electron chi connectivity index (χ0n) is 15.7. The molecule has 0 spiro atoms. The van der Waals surface area contributed by atoms with Gasteiger partial charge in [-0.05, 0) is 42.9 Å². The Labute approximate surface area is 163 Å². The first-order valence-electron chi connectivity index (χ1n) is 9.43. The predicted molar refractivity (Wildman–Crippen MR) is 108 cm³/mol. The normalized spacial score (nSPS) is 15.0. The Bertz CT molecular complexity index is 1000. The molecule has 1 N–H and O–H groups in total. The number of fused-ring (bicyclic) bond motifs is 1. The first kappa shape index (κ1) is 18.3. The van der Waals surface area contributed by atoms with E-state index in [1.807, 2.05) is 11.0 Å². The van der Waals surface area contributed by atoms with E-state index in [1.165, 1.54) is 12.3 Å². The first-order valence-corrected chi connectivity index (χ1v) is 9.43. The van der Waals surface area contributed by atoms with Crippen molar-refractivity contribution >= 4 is 28.3 Å². The Morgan fingerprint density at radius 1 is 1.11 bits per heavy atom. The highest BCUT2D eigenvalue weighted by molar-refractivity contribution is 6.05. The quantitative estimate of drug-likeness (QED) is 0.755. The summed E-state index contributed by atoms with van der Waals surface area (Å²) in [6.45, 7) is 6.60. The van der Waals surface area contributed by atoms with Crippen molar-refractivity contribution in [1.29, 1.82) is 0 Å². The van der Waals surface area contributed by atoms with Crippen LogP contribution >= 0.6 is 0 Å². The zero-order valence-corrected chi connectivity index (χ0v) is 15.7. The number of likely N-dealkylation sites (N-methyl/N-ethyl adjacent to an activating group) is 1. The van der Waals surface area contributed by atoms with Crippen molar-refractivity contribution in [3.8, 4) is 0 Å². The van der Waals surface area contributed by atoms with Crippen LogP contribution in [0, 0.1) is 5.82 Å². The number of nitrogens with one attached hydrogen (secondary N) is 1. The van der Waals surface area contributed by atoms with E-state index < -0.39 is 0 Å². The molecule has 2 aromatic heterocycles. The predicted octanol–water partition coefficient (Wildman–Crippen LogP) is 3.16. The van der Waals surface area contributed by atoms with Gasteiger partial charge in [0.1, 0.15) is 5.82 Å². The van der Waals surface area contributed by atoms with Gasteiger partial charge in [-0.25, -0.2) is 4.39 Å². The van der Waals surface area contributed by atoms with Gasteiger partial charge in [-0.2, -0.15) is 0 Å². The van der Waals surface area contributed by atoms with E-state index in [2.05, 4.69) is 27.1 Å². The molecule has 0 bridgehead atoms. The number of hydrogen-bond donors (Lipinski definition) is 1. The van der Waals surface area contributed by atoms with Gasteiger partial charge >= 0.3 is 0 Å². The lowest BCUT2D eigenvalue weighted by Crippen LogP contribution is -2.46. The van der Waals surface area contributed by atoms with E-state index in [4.69, 9.17) is 0 Å². The Kier molecular flexibility index (Phi) is 5.16. The summed E-state index contributed by atoms with van der Waals surface area (Å²) < 4.78 is 14.6. The van der Waals surface area contributed by atoms with Crippen LogP contribution < -0.4 is 10.2 Å². The first-order chi connectivity index (χ1) is 13.6. The highest BCUT2D eigenvalue weighted by Gasteiger charge is 2.19. The molecule has 1 amide bonds. The molecule has 1 saturated heterocycles. The van der Waals surface area contributed by atoms with Crippen molar-refractivity contribution in [3.05, 3.63) is 60.2 Å². The zero-order chi connectivity index (χ0) is 19.5. The molecule has 1 aromatic carbocycles. The molecule has 28 heavy (non-hydrogen) atoms. The molecule has 0 radical (unpaired) electrons. The number of piperazine rings is 1. The van der Waals surface area contributed by atoms with Crippen molar-refractivity contribution in [2.75, 3.05) is 42.9 Å². The number of aromatic nitrogens is 2. The molecule has 4 rings (SSSR count). The van der Waals surface area contributed by atoms with Crippen LogP contribution in [0.15, 0.2) is 48.8 Å². The molecule has 144 valence electrons. The second-order valence-electron chi connectivity index (χ2n) is 6.81. The summed E-state index contributed by atoms with van der Waals surface area (Å²) >= 11 is 0. The van der Waals surface area contributed by atoms with Gasteiger partial charge in [0.05, 0.1) is 22.3 Å². The van der Waals surface area contributed by atoms with Gasteiger partial charge < -0.3 is 15.1 Å². The average Bonchev–Trinajstić information content (AvgIpc) is 2.73. The maximum Gasteiger partial charge on any atom is 0.257 e. The van der Waals surface area contributed by atoms with Gasteiger partial charge in [-0.3, -0.25) is 14.8 Å². The Morgan fingerprint density at radius 3 is 2.68 bits per heavy atom. The fourth-order valence-electron chi connectivity index (χ4n) is 3.43. The molecule has 1 fully saturated rings. The van der Waals surface area contributed by atoms with Gasteiger partial charge in [0.2, 0.25) is 0 Å². The van der Waals surface area contributed by atoms with Crippen LogP contribution in [-0.2, 0) is 0 Å². The van der Waals surface area contributed by atoms with Crippen LogP contribution in [0.3, 0.4) is 0 Å². The molecule has 0 unspecified atom stereocenters. The Morgan fingerprint density at radius 2 is 1.93 bits per heavy atom. The van der Waals surface area contributed by atoms with Gasteiger partial charge in [-0.1, -0.05) is 6.92 Å². The molecule has 7 heteroatoms. The molecule has 1 aliphatic rings. The number of anilines is 2. The Hall–Kier alpha value is -3.06. The monoisotopic (exact) mass is 379 g/mol.